The summed E-state index contributed by atoms with van der Waals surface area (Å²) in [7, 11) is 0. The van der Waals surface area contributed by atoms with E-state index in [4.69, 9.17) is 9.68 Å². The van der Waals surface area contributed by atoms with Gasteiger partial charge in [0.2, 0.25) is 5.76 Å². The molecule has 0 radical (unpaired) electrons. The number of hydrogen-bond acceptors (Lipinski definition) is 4. The van der Waals surface area contributed by atoms with Crippen LogP contribution in [0.1, 0.15) is 50.5 Å². The van der Waals surface area contributed by atoms with Crippen molar-refractivity contribution in [1.29, 1.82) is 5.26 Å². The molecule has 1 fully saturated rings. The van der Waals surface area contributed by atoms with Gasteiger partial charge in [-0.05, 0) is 43.7 Å². The number of hydrogen-bond donors (Lipinski definition) is 2. The van der Waals surface area contributed by atoms with Crippen LogP contribution in [0.15, 0.2) is 16.5 Å². The molecule has 0 aromatic carbocycles. The molecule has 2 rings (SSSR count). The van der Waals surface area contributed by atoms with Crippen LogP contribution >= 0.6 is 0 Å². The van der Waals surface area contributed by atoms with E-state index in [1.54, 1.807) is 12.1 Å². The third kappa shape index (κ3) is 3.82. The third-order valence-electron chi connectivity index (χ3n) is 4.14. The van der Waals surface area contributed by atoms with Gasteiger partial charge in [-0.25, -0.2) is 0 Å². The smallest absolute Gasteiger partial charge is 0.203 e. The Labute approximate surface area is 114 Å². The lowest BCUT2D eigenvalue weighted by Crippen LogP contribution is -2.43. The Kier molecular flexibility index (Phi) is 4.62. The highest BCUT2D eigenvalue weighted by Crippen LogP contribution is 2.33. The minimum absolute atomic E-state index is 0.332. The van der Waals surface area contributed by atoms with Crippen molar-refractivity contribution in [3.05, 3.63) is 23.7 Å². The minimum Gasteiger partial charge on any atom is -0.449 e. The van der Waals surface area contributed by atoms with Crippen molar-refractivity contribution in [2.45, 2.75) is 51.2 Å². The monoisotopic (exact) mass is 262 g/mol. The SMILES string of the molecule is CCC1CCC(O)(CNCc2ccc(C#N)o2)CC1. The van der Waals surface area contributed by atoms with E-state index >= 15 is 0 Å². The Morgan fingerprint density at radius 3 is 2.79 bits per heavy atom. The molecule has 0 aliphatic heterocycles. The Morgan fingerprint density at radius 2 is 2.21 bits per heavy atom. The van der Waals surface area contributed by atoms with E-state index in [0.717, 1.165) is 37.4 Å². The van der Waals surface area contributed by atoms with Crippen molar-refractivity contribution in [1.82, 2.24) is 5.32 Å². The maximum Gasteiger partial charge on any atom is 0.203 e. The molecule has 1 aromatic rings. The second-order valence-electron chi connectivity index (χ2n) is 5.56. The second kappa shape index (κ2) is 6.23. The zero-order valence-electron chi connectivity index (χ0n) is 11.5. The highest BCUT2D eigenvalue weighted by atomic mass is 16.3. The molecular formula is C15H22N2O2. The molecule has 0 bridgehead atoms. The van der Waals surface area contributed by atoms with E-state index in [2.05, 4.69) is 12.2 Å². The highest BCUT2D eigenvalue weighted by Gasteiger charge is 2.32. The van der Waals surface area contributed by atoms with Crippen molar-refractivity contribution < 1.29 is 9.52 Å². The van der Waals surface area contributed by atoms with Gasteiger partial charge in [-0.15, -0.1) is 0 Å². The van der Waals surface area contributed by atoms with Gasteiger partial charge in [0, 0.05) is 6.54 Å². The maximum atomic E-state index is 10.5. The number of aliphatic hydroxyl groups is 1. The molecule has 0 amide bonds. The molecule has 19 heavy (non-hydrogen) atoms. The first-order valence-corrected chi connectivity index (χ1v) is 7.07. The van der Waals surface area contributed by atoms with Gasteiger partial charge in [0.1, 0.15) is 11.8 Å². The van der Waals surface area contributed by atoms with Crippen molar-refractivity contribution in [2.75, 3.05) is 6.54 Å². The Balaban J connectivity index is 1.75. The fourth-order valence-electron chi connectivity index (χ4n) is 2.75. The average molecular weight is 262 g/mol. The fourth-order valence-corrected chi connectivity index (χ4v) is 2.75. The summed E-state index contributed by atoms with van der Waals surface area (Å²) in [5.41, 5.74) is -0.573. The van der Waals surface area contributed by atoms with Gasteiger partial charge in [0.25, 0.3) is 0 Å². The first-order valence-electron chi connectivity index (χ1n) is 7.07. The second-order valence-corrected chi connectivity index (χ2v) is 5.56. The molecule has 0 saturated heterocycles. The van der Waals surface area contributed by atoms with Crippen LogP contribution in [0.4, 0.5) is 0 Å². The number of rotatable bonds is 5. The zero-order valence-corrected chi connectivity index (χ0v) is 11.5. The summed E-state index contributed by atoms with van der Waals surface area (Å²) in [6.07, 6.45) is 5.20. The molecule has 1 aliphatic carbocycles. The van der Waals surface area contributed by atoms with E-state index in [9.17, 15) is 5.11 Å². The van der Waals surface area contributed by atoms with Gasteiger partial charge in [0.15, 0.2) is 0 Å². The number of nitriles is 1. The third-order valence-corrected chi connectivity index (χ3v) is 4.14. The fraction of sp³-hybridized carbons (Fsp3) is 0.667. The van der Waals surface area contributed by atoms with Crippen molar-refractivity contribution in [3.63, 3.8) is 0 Å². The topological polar surface area (TPSA) is 69.2 Å². The van der Waals surface area contributed by atoms with Gasteiger partial charge in [-0.2, -0.15) is 5.26 Å². The predicted molar refractivity (Wildman–Crippen MR) is 72.3 cm³/mol. The van der Waals surface area contributed by atoms with E-state index in [0.29, 0.717) is 18.8 Å². The van der Waals surface area contributed by atoms with Crippen LogP contribution in [0.5, 0.6) is 0 Å². The van der Waals surface area contributed by atoms with E-state index in [1.165, 1.54) is 6.42 Å². The highest BCUT2D eigenvalue weighted by molar-refractivity contribution is 5.18. The first-order chi connectivity index (χ1) is 9.15. The lowest BCUT2D eigenvalue weighted by atomic mass is 9.78. The average Bonchev–Trinajstić information content (AvgIpc) is 2.87. The van der Waals surface area contributed by atoms with Crippen LogP contribution in [-0.2, 0) is 6.54 Å². The van der Waals surface area contributed by atoms with Gasteiger partial charge >= 0.3 is 0 Å². The quantitative estimate of drug-likeness (QED) is 0.855. The van der Waals surface area contributed by atoms with Crippen LogP contribution in [0.25, 0.3) is 0 Å². The number of nitrogens with zero attached hydrogens (tertiary/aromatic N) is 1. The summed E-state index contributed by atoms with van der Waals surface area (Å²) < 4.78 is 5.28. The Bertz CT molecular complexity index is 439. The standard InChI is InChI=1S/C15H22N2O2/c1-2-12-5-7-15(18,8-6-12)11-17-10-14-4-3-13(9-16)19-14/h3-4,12,17-18H,2,5-8,10-11H2,1H3. The van der Waals surface area contributed by atoms with E-state index < -0.39 is 5.60 Å². The number of furan rings is 1. The van der Waals surface area contributed by atoms with Crippen molar-refractivity contribution >= 4 is 0 Å². The van der Waals surface area contributed by atoms with Gasteiger partial charge < -0.3 is 14.8 Å². The van der Waals surface area contributed by atoms with E-state index in [-0.39, 0.29) is 0 Å². The summed E-state index contributed by atoms with van der Waals surface area (Å²) in [6, 6.07) is 5.42. The van der Waals surface area contributed by atoms with Gasteiger partial charge in [0.05, 0.1) is 12.1 Å². The number of nitrogens with one attached hydrogen (secondary N) is 1. The molecule has 1 aliphatic rings. The molecule has 1 aromatic heterocycles. The van der Waals surface area contributed by atoms with Crippen molar-refractivity contribution in [2.24, 2.45) is 5.92 Å². The van der Waals surface area contributed by atoms with Crippen LogP contribution < -0.4 is 5.32 Å². The van der Waals surface area contributed by atoms with Gasteiger partial charge in [-0.1, -0.05) is 13.3 Å². The molecule has 1 heterocycles. The lowest BCUT2D eigenvalue weighted by molar-refractivity contribution is -0.00906. The zero-order chi connectivity index (χ0) is 13.7. The normalized spacial score (nSPS) is 27.1. The largest absolute Gasteiger partial charge is 0.449 e. The molecular weight excluding hydrogens is 240 g/mol. The minimum atomic E-state index is -0.573. The summed E-state index contributed by atoms with van der Waals surface area (Å²) in [6.45, 7) is 3.37. The summed E-state index contributed by atoms with van der Waals surface area (Å²) in [5, 5.41) is 22.4. The molecule has 104 valence electrons. The molecule has 0 atom stereocenters. The molecule has 2 N–H and O–H groups in total. The lowest BCUT2D eigenvalue weighted by Gasteiger charge is -2.35. The molecule has 4 heteroatoms. The summed E-state index contributed by atoms with van der Waals surface area (Å²) >= 11 is 0. The molecule has 0 spiro atoms. The molecule has 4 nitrogen and oxygen atoms in total. The van der Waals surface area contributed by atoms with E-state index in [1.807, 2.05) is 6.07 Å². The van der Waals surface area contributed by atoms with Crippen LogP contribution in [0.3, 0.4) is 0 Å². The summed E-state index contributed by atoms with van der Waals surface area (Å²) in [5.74, 6) is 1.85. The summed E-state index contributed by atoms with van der Waals surface area (Å²) in [4.78, 5) is 0. The maximum absolute atomic E-state index is 10.5. The molecule has 1 saturated carbocycles. The van der Waals surface area contributed by atoms with Crippen LogP contribution in [0, 0.1) is 17.2 Å². The predicted octanol–water partition coefficient (Wildman–Crippen LogP) is 2.57. The molecule has 0 unspecified atom stereocenters. The Morgan fingerprint density at radius 1 is 1.47 bits per heavy atom. The van der Waals surface area contributed by atoms with Gasteiger partial charge in [-0.3, -0.25) is 0 Å². The Hall–Kier alpha value is -1.31. The van der Waals surface area contributed by atoms with Crippen LogP contribution in [0.2, 0.25) is 0 Å². The van der Waals surface area contributed by atoms with Crippen LogP contribution in [-0.4, -0.2) is 17.3 Å². The first kappa shape index (κ1) is 14.1. The van der Waals surface area contributed by atoms with Crippen molar-refractivity contribution in [3.8, 4) is 6.07 Å².